The van der Waals surface area contributed by atoms with Crippen LogP contribution >= 0.6 is 0 Å². The summed E-state index contributed by atoms with van der Waals surface area (Å²) in [5, 5.41) is 9.14. The van der Waals surface area contributed by atoms with Crippen LogP contribution in [0.5, 0.6) is 0 Å². The molecule has 5 heteroatoms. The fourth-order valence-corrected chi connectivity index (χ4v) is 0.760. The van der Waals surface area contributed by atoms with Crippen molar-refractivity contribution in [2.24, 2.45) is 4.99 Å². The average molecular weight is 170 g/mol. The maximum atomic E-state index is 11.0. The molecule has 0 bridgehead atoms. The van der Waals surface area contributed by atoms with E-state index >= 15 is 0 Å². The first-order valence-electron chi connectivity index (χ1n) is 3.59. The molecular formula is C7H10N2O3. The number of aliphatic imine (C=N–C) groups is 1. The van der Waals surface area contributed by atoms with Gasteiger partial charge in [0.1, 0.15) is 0 Å². The van der Waals surface area contributed by atoms with E-state index in [0.717, 1.165) is 4.90 Å². The van der Waals surface area contributed by atoms with Gasteiger partial charge in [-0.1, -0.05) is 0 Å². The van der Waals surface area contributed by atoms with Crippen LogP contribution in [0.2, 0.25) is 0 Å². The van der Waals surface area contributed by atoms with E-state index in [1.54, 1.807) is 13.0 Å². The molecule has 66 valence electrons. The summed E-state index contributed by atoms with van der Waals surface area (Å²) in [7, 11) is 0. The second-order valence-electron chi connectivity index (χ2n) is 2.09. The Balaban J connectivity index is 2.56. The normalized spacial score (nSPS) is 21.2. The number of hydrogen-bond donors (Lipinski definition) is 1. The molecule has 1 aliphatic heterocycles. The van der Waals surface area contributed by atoms with Crippen LogP contribution in [-0.2, 0) is 4.74 Å². The zero-order chi connectivity index (χ0) is 8.97. The molecule has 1 heterocycles. The predicted molar refractivity (Wildman–Crippen MR) is 42.5 cm³/mol. The van der Waals surface area contributed by atoms with Crippen LogP contribution in [-0.4, -0.2) is 35.3 Å². The van der Waals surface area contributed by atoms with Gasteiger partial charge in [-0.25, -0.2) is 14.7 Å². The van der Waals surface area contributed by atoms with Crippen molar-refractivity contribution in [2.75, 3.05) is 6.61 Å². The third-order valence-corrected chi connectivity index (χ3v) is 1.28. The number of rotatable bonds is 1. The van der Waals surface area contributed by atoms with Gasteiger partial charge in [0.25, 0.3) is 0 Å². The summed E-state index contributed by atoms with van der Waals surface area (Å²) in [6.07, 6.45) is 2.62. The van der Waals surface area contributed by atoms with Gasteiger partial charge in [-0.15, -0.1) is 0 Å². The van der Waals surface area contributed by atoms with Gasteiger partial charge in [-0.05, 0) is 13.0 Å². The van der Waals surface area contributed by atoms with Crippen molar-refractivity contribution < 1.29 is 14.6 Å². The Morgan fingerprint density at radius 2 is 2.58 bits per heavy atom. The van der Waals surface area contributed by atoms with Crippen molar-refractivity contribution in [3.63, 3.8) is 0 Å². The number of nitrogens with zero attached hydrogens (tertiary/aromatic N) is 2. The number of allylic oxidation sites excluding steroid dienone is 1. The van der Waals surface area contributed by atoms with E-state index in [1.165, 1.54) is 12.4 Å². The Morgan fingerprint density at radius 3 is 3.17 bits per heavy atom. The smallest absolute Gasteiger partial charge is 0.417 e. The lowest BCUT2D eigenvalue weighted by molar-refractivity contribution is 0.0318. The highest BCUT2D eigenvalue weighted by Gasteiger charge is 2.20. The molecule has 1 amide bonds. The van der Waals surface area contributed by atoms with Crippen molar-refractivity contribution in [3.8, 4) is 0 Å². The molecule has 0 aromatic heterocycles. The van der Waals surface area contributed by atoms with Gasteiger partial charge in [-0.3, -0.25) is 0 Å². The SMILES string of the molecule is CCOC(=O)N1C=CC=NC1O. The van der Waals surface area contributed by atoms with E-state index in [0.29, 0.717) is 0 Å². The summed E-state index contributed by atoms with van der Waals surface area (Å²) in [6.45, 7) is 1.97. The first-order chi connectivity index (χ1) is 5.75. The van der Waals surface area contributed by atoms with Gasteiger partial charge in [-0.2, -0.15) is 0 Å². The number of carbonyl (C=O) groups is 1. The quantitative estimate of drug-likeness (QED) is 0.616. The van der Waals surface area contributed by atoms with Crippen LogP contribution in [0, 0.1) is 0 Å². The van der Waals surface area contributed by atoms with Crippen molar-refractivity contribution in [2.45, 2.75) is 13.3 Å². The zero-order valence-corrected chi connectivity index (χ0v) is 6.67. The lowest BCUT2D eigenvalue weighted by Crippen LogP contribution is -2.36. The van der Waals surface area contributed by atoms with Crippen LogP contribution < -0.4 is 0 Å². The van der Waals surface area contributed by atoms with Gasteiger partial charge in [0, 0.05) is 12.4 Å². The standard InChI is InChI=1S/C7H10N2O3/c1-2-12-7(11)9-5-3-4-8-6(9)10/h3-6,10H,2H2,1H3. The molecule has 0 spiro atoms. The molecule has 0 saturated heterocycles. The summed E-state index contributed by atoms with van der Waals surface area (Å²) in [5.74, 6) is 0. The fraction of sp³-hybridized carbons (Fsp3) is 0.429. The first kappa shape index (κ1) is 8.73. The first-order valence-corrected chi connectivity index (χ1v) is 3.59. The second kappa shape index (κ2) is 3.87. The van der Waals surface area contributed by atoms with Crippen LogP contribution in [0.15, 0.2) is 17.3 Å². The summed E-state index contributed by atoms with van der Waals surface area (Å²) >= 11 is 0. The highest BCUT2D eigenvalue weighted by Crippen LogP contribution is 2.05. The number of carbonyl (C=O) groups excluding carboxylic acids is 1. The molecule has 12 heavy (non-hydrogen) atoms. The van der Waals surface area contributed by atoms with E-state index in [-0.39, 0.29) is 6.61 Å². The van der Waals surface area contributed by atoms with Gasteiger partial charge >= 0.3 is 6.09 Å². The van der Waals surface area contributed by atoms with Gasteiger partial charge in [0.15, 0.2) is 0 Å². The number of hydrogen-bond acceptors (Lipinski definition) is 4. The highest BCUT2D eigenvalue weighted by molar-refractivity contribution is 5.76. The molecule has 0 saturated carbocycles. The summed E-state index contributed by atoms with van der Waals surface area (Å²) in [6, 6.07) is 0. The largest absolute Gasteiger partial charge is 0.449 e. The maximum Gasteiger partial charge on any atom is 0.417 e. The molecule has 5 nitrogen and oxygen atoms in total. The molecular weight excluding hydrogens is 160 g/mol. The minimum absolute atomic E-state index is 0.277. The van der Waals surface area contributed by atoms with E-state index in [9.17, 15) is 4.79 Å². The van der Waals surface area contributed by atoms with Gasteiger partial charge < -0.3 is 9.84 Å². The minimum Gasteiger partial charge on any atom is -0.449 e. The molecule has 0 fully saturated rings. The monoisotopic (exact) mass is 170 g/mol. The van der Waals surface area contributed by atoms with Crippen LogP contribution in [0.25, 0.3) is 0 Å². The van der Waals surface area contributed by atoms with E-state index < -0.39 is 12.4 Å². The molecule has 0 aromatic carbocycles. The predicted octanol–water partition coefficient (Wildman–Crippen LogP) is 0.319. The number of aliphatic hydroxyl groups is 1. The van der Waals surface area contributed by atoms with Crippen molar-refractivity contribution >= 4 is 12.3 Å². The van der Waals surface area contributed by atoms with Crippen molar-refractivity contribution in [3.05, 3.63) is 12.3 Å². The van der Waals surface area contributed by atoms with E-state index in [4.69, 9.17) is 5.11 Å². The Labute approximate surface area is 70.0 Å². The number of ether oxygens (including phenoxy) is 1. The number of aliphatic hydroxyl groups excluding tert-OH is 1. The van der Waals surface area contributed by atoms with E-state index in [2.05, 4.69) is 9.73 Å². The highest BCUT2D eigenvalue weighted by atomic mass is 16.6. The summed E-state index contributed by atoms with van der Waals surface area (Å²) in [4.78, 5) is 15.6. The summed E-state index contributed by atoms with van der Waals surface area (Å²) in [5.41, 5.74) is 0. The fourth-order valence-electron chi connectivity index (χ4n) is 0.760. The van der Waals surface area contributed by atoms with Crippen LogP contribution in [0.4, 0.5) is 4.79 Å². The Hall–Kier alpha value is -1.36. The Morgan fingerprint density at radius 1 is 1.83 bits per heavy atom. The number of amides is 1. The van der Waals surface area contributed by atoms with Crippen molar-refractivity contribution in [1.82, 2.24) is 4.90 Å². The van der Waals surface area contributed by atoms with Crippen LogP contribution in [0.1, 0.15) is 6.92 Å². The van der Waals surface area contributed by atoms with Gasteiger partial charge in [0.05, 0.1) is 6.61 Å². The molecule has 0 aliphatic carbocycles. The molecule has 0 aromatic rings. The van der Waals surface area contributed by atoms with E-state index in [1.807, 2.05) is 0 Å². The third kappa shape index (κ3) is 1.82. The summed E-state index contributed by atoms with van der Waals surface area (Å²) < 4.78 is 4.65. The minimum atomic E-state index is -1.16. The lowest BCUT2D eigenvalue weighted by Gasteiger charge is -2.21. The second-order valence-corrected chi connectivity index (χ2v) is 2.09. The Bertz CT molecular complexity index is 225. The molecule has 0 radical (unpaired) electrons. The maximum absolute atomic E-state index is 11.0. The molecule has 1 unspecified atom stereocenters. The Kier molecular flexibility index (Phi) is 2.82. The lowest BCUT2D eigenvalue weighted by atomic mass is 10.5. The molecule has 1 rings (SSSR count). The molecule has 1 aliphatic rings. The topological polar surface area (TPSA) is 62.1 Å². The average Bonchev–Trinajstić information content (AvgIpc) is 2.05. The molecule has 1 atom stereocenters. The molecule has 1 N–H and O–H groups in total. The van der Waals surface area contributed by atoms with Crippen molar-refractivity contribution in [1.29, 1.82) is 0 Å². The van der Waals surface area contributed by atoms with Crippen LogP contribution in [0.3, 0.4) is 0 Å². The zero-order valence-electron chi connectivity index (χ0n) is 6.67. The third-order valence-electron chi connectivity index (χ3n) is 1.28. The van der Waals surface area contributed by atoms with Gasteiger partial charge in [0.2, 0.25) is 6.35 Å².